The summed E-state index contributed by atoms with van der Waals surface area (Å²) in [7, 11) is 0. The van der Waals surface area contributed by atoms with Crippen molar-refractivity contribution in [3.8, 4) is 0 Å². The van der Waals surface area contributed by atoms with Gasteiger partial charge >= 0.3 is 6.03 Å². The lowest BCUT2D eigenvalue weighted by atomic mass is 10.2. The summed E-state index contributed by atoms with van der Waals surface area (Å²) in [5.74, 6) is -0.196. The number of urea groups is 1. The number of nitrogens with one attached hydrogen (secondary N) is 2. The van der Waals surface area contributed by atoms with Crippen LogP contribution in [0.2, 0.25) is 4.34 Å². The van der Waals surface area contributed by atoms with Crippen molar-refractivity contribution in [3.63, 3.8) is 0 Å². The molecular formula is C14H12ClN3O2S. The highest BCUT2D eigenvalue weighted by atomic mass is 35.5. The average molecular weight is 322 g/mol. The second-order valence-corrected chi connectivity index (χ2v) is 6.20. The molecule has 1 aromatic carbocycles. The van der Waals surface area contributed by atoms with Gasteiger partial charge in [-0.15, -0.1) is 11.3 Å². The zero-order valence-corrected chi connectivity index (χ0v) is 12.5. The minimum absolute atomic E-state index is 0.0972. The molecule has 0 atom stereocenters. The molecule has 1 aromatic heterocycles. The van der Waals surface area contributed by atoms with Crippen LogP contribution in [-0.4, -0.2) is 25.0 Å². The van der Waals surface area contributed by atoms with Crippen molar-refractivity contribution in [1.29, 1.82) is 0 Å². The summed E-state index contributed by atoms with van der Waals surface area (Å²) in [4.78, 5) is 25.8. The van der Waals surface area contributed by atoms with Gasteiger partial charge in [-0.2, -0.15) is 0 Å². The Hall–Kier alpha value is -2.05. The molecule has 0 unspecified atom stereocenters. The van der Waals surface area contributed by atoms with Gasteiger partial charge in [0.15, 0.2) is 0 Å². The van der Waals surface area contributed by atoms with Crippen LogP contribution in [0.5, 0.6) is 0 Å². The van der Waals surface area contributed by atoms with Crippen LogP contribution >= 0.6 is 22.9 Å². The van der Waals surface area contributed by atoms with Crippen LogP contribution in [-0.2, 0) is 0 Å². The van der Waals surface area contributed by atoms with Crippen molar-refractivity contribution < 1.29 is 9.59 Å². The summed E-state index contributed by atoms with van der Waals surface area (Å²) in [6.07, 6.45) is 0. The summed E-state index contributed by atoms with van der Waals surface area (Å²) in [6.45, 7) is 1.30. The molecule has 0 saturated carbocycles. The molecule has 108 valence electrons. The van der Waals surface area contributed by atoms with Gasteiger partial charge in [-0.05, 0) is 36.4 Å². The number of anilines is 2. The quantitative estimate of drug-likeness (QED) is 0.912. The highest BCUT2D eigenvalue weighted by Crippen LogP contribution is 2.23. The second kappa shape index (κ2) is 5.75. The minimum Gasteiger partial charge on any atom is -0.336 e. The standard InChI is InChI=1S/C14H12ClN3O2S/c15-12-6-5-11(21-12)13(19)17-9-1-3-10(4-2-9)18-8-7-16-14(18)20/h1-6H,7-8H2,(H,16,20)(H,17,19). The lowest BCUT2D eigenvalue weighted by molar-refractivity contribution is 0.103. The summed E-state index contributed by atoms with van der Waals surface area (Å²) >= 11 is 7.04. The van der Waals surface area contributed by atoms with Crippen molar-refractivity contribution in [2.75, 3.05) is 23.3 Å². The fourth-order valence-electron chi connectivity index (χ4n) is 2.07. The number of thiophene rings is 1. The molecule has 5 nitrogen and oxygen atoms in total. The SMILES string of the molecule is O=C(Nc1ccc(N2CCNC2=O)cc1)c1ccc(Cl)s1. The number of carbonyl (C=O) groups excluding carboxylic acids is 2. The summed E-state index contributed by atoms with van der Waals surface area (Å²) in [5.41, 5.74) is 1.48. The van der Waals surface area contributed by atoms with E-state index in [2.05, 4.69) is 10.6 Å². The molecule has 2 N–H and O–H groups in total. The molecular weight excluding hydrogens is 310 g/mol. The van der Waals surface area contributed by atoms with Crippen LogP contribution in [0.15, 0.2) is 36.4 Å². The van der Waals surface area contributed by atoms with Crippen molar-refractivity contribution in [1.82, 2.24) is 5.32 Å². The Balaban J connectivity index is 1.69. The maximum absolute atomic E-state index is 12.0. The molecule has 3 amide bonds. The Labute approximate surface area is 130 Å². The molecule has 1 fully saturated rings. The minimum atomic E-state index is -0.196. The van der Waals surface area contributed by atoms with E-state index >= 15 is 0 Å². The van der Waals surface area contributed by atoms with Gasteiger partial charge in [0.05, 0.1) is 9.21 Å². The second-order valence-electron chi connectivity index (χ2n) is 4.49. The first-order valence-corrected chi connectivity index (χ1v) is 7.55. The molecule has 0 aliphatic carbocycles. The third-order valence-electron chi connectivity index (χ3n) is 3.09. The Morgan fingerprint density at radius 1 is 1.24 bits per heavy atom. The van der Waals surface area contributed by atoms with Gasteiger partial charge in [0.2, 0.25) is 0 Å². The first kappa shape index (κ1) is 13.9. The van der Waals surface area contributed by atoms with E-state index < -0.39 is 0 Å². The number of nitrogens with zero attached hydrogens (tertiary/aromatic N) is 1. The Bertz CT molecular complexity index is 684. The van der Waals surface area contributed by atoms with Crippen molar-refractivity contribution in [2.45, 2.75) is 0 Å². The third-order valence-corrected chi connectivity index (χ3v) is 4.32. The molecule has 1 saturated heterocycles. The van der Waals surface area contributed by atoms with Crippen LogP contribution < -0.4 is 15.5 Å². The van der Waals surface area contributed by atoms with Gasteiger partial charge in [-0.25, -0.2) is 4.79 Å². The molecule has 3 rings (SSSR count). The normalized spacial score (nSPS) is 14.1. The van der Waals surface area contributed by atoms with Gasteiger partial charge in [0, 0.05) is 24.5 Å². The predicted octanol–water partition coefficient (Wildman–Crippen LogP) is 3.18. The molecule has 7 heteroatoms. The maximum Gasteiger partial charge on any atom is 0.321 e. The fourth-order valence-corrected chi connectivity index (χ4v) is 3.01. The molecule has 2 aromatic rings. The Kier molecular flexibility index (Phi) is 3.81. The molecule has 0 radical (unpaired) electrons. The molecule has 0 spiro atoms. The van der Waals surface area contributed by atoms with E-state index in [4.69, 9.17) is 11.6 Å². The lowest BCUT2D eigenvalue weighted by Crippen LogP contribution is -2.27. The van der Waals surface area contributed by atoms with E-state index in [9.17, 15) is 9.59 Å². The largest absolute Gasteiger partial charge is 0.336 e. The third kappa shape index (κ3) is 3.01. The van der Waals surface area contributed by atoms with Crippen molar-refractivity contribution in [2.24, 2.45) is 0 Å². The summed E-state index contributed by atoms with van der Waals surface area (Å²) < 4.78 is 0.579. The monoisotopic (exact) mass is 321 g/mol. The Morgan fingerprint density at radius 2 is 2.00 bits per heavy atom. The zero-order valence-electron chi connectivity index (χ0n) is 10.9. The van der Waals surface area contributed by atoms with E-state index in [1.165, 1.54) is 11.3 Å². The number of amides is 3. The number of halogens is 1. The smallest absolute Gasteiger partial charge is 0.321 e. The van der Waals surface area contributed by atoms with Crippen LogP contribution in [0.4, 0.5) is 16.2 Å². The van der Waals surface area contributed by atoms with Crippen LogP contribution in [0, 0.1) is 0 Å². The number of carbonyl (C=O) groups is 2. The summed E-state index contributed by atoms with van der Waals surface area (Å²) in [5, 5.41) is 5.54. The van der Waals surface area contributed by atoms with Gasteiger partial charge in [0.1, 0.15) is 0 Å². The van der Waals surface area contributed by atoms with E-state index in [1.807, 2.05) is 12.1 Å². The van der Waals surface area contributed by atoms with E-state index in [0.29, 0.717) is 28.0 Å². The van der Waals surface area contributed by atoms with Gasteiger partial charge in [0.25, 0.3) is 5.91 Å². The lowest BCUT2D eigenvalue weighted by Gasteiger charge is -2.14. The molecule has 2 heterocycles. The first-order chi connectivity index (χ1) is 10.1. The molecule has 21 heavy (non-hydrogen) atoms. The first-order valence-electron chi connectivity index (χ1n) is 6.35. The number of hydrogen-bond acceptors (Lipinski definition) is 3. The fraction of sp³-hybridized carbons (Fsp3) is 0.143. The highest BCUT2D eigenvalue weighted by molar-refractivity contribution is 7.18. The van der Waals surface area contributed by atoms with E-state index in [0.717, 1.165) is 5.69 Å². The number of benzene rings is 1. The molecule has 1 aliphatic heterocycles. The summed E-state index contributed by atoms with van der Waals surface area (Å²) in [6, 6.07) is 10.4. The van der Waals surface area contributed by atoms with Crippen molar-refractivity contribution >= 4 is 46.3 Å². The average Bonchev–Trinajstić information content (AvgIpc) is 3.08. The topological polar surface area (TPSA) is 61.4 Å². The van der Waals surface area contributed by atoms with Gasteiger partial charge < -0.3 is 10.6 Å². The van der Waals surface area contributed by atoms with E-state index in [-0.39, 0.29) is 11.9 Å². The number of hydrogen-bond donors (Lipinski definition) is 2. The molecule has 0 bridgehead atoms. The van der Waals surface area contributed by atoms with Crippen molar-refractivity contribution in [3.05, 3.63) is 45.6 Å². The zero-order chi connectivity index (χ0) is 14.8. The van der Waals surface area contributed by atoms with Gasteiger partial charge in [-0.1, -0.05) is 11.6 Å². The highest BCUT2D eigenvalue weighted by Gasteiger charge is 2.20. The Morgan fingerprint density at radius 3 is 2.57 bits per heavy atom. The van der Waals surface area contributed by atoms with Crippen LogP contribution in [0.25, 0.3) is 0 Å². The van der Waals surface area contributed by atoms with Crippen LogP contribution in [0.3, 0.4) is 0 Å². The predicted molar refractivity (Wildman–Crippen MR) is 84.5 cm³/mol. The van der Waals surface area contributed by atoms with Crippen LogP contribution in [0.1, 0.15) is 9.67 Å². The van der Waals surface area contributed by atoms with E-state index in [1.54, 1.807) is 29.2 Å². The van der Waals surface area contributed by atoms with Gasteiger partial charge in [-0.3, -0.25) is 9.69 Å². The number of rotatable bonds is 3. The molecule has 1 aliphatic rings. The maximum atomic E-state index is 12.0.